The van der Waals surface area contributed by atoms with E-state index in [1.54, 1.807) is 12.5 Å². The fourth-order valence-corrected chi connectivity index (χ4v) is 1.34. The molecule has 1 N–H and O–H groups in total. The Morgan fingerprint density at radius 2 is 2.36 bits per heavy atom. The van der Waals surface area contributed by atoms with Crippen molar-refractivity contribution in [1.82, 2.24) is 9.55 Å². The topological polar surface area (TPSA) is 47.3 Å². The summed E-state index contributed by atoms with van der Waals surface area (Å²) in [5.74, 6) is 0. The first-order valence-electron chi connectivity index (χ1n) is 5.01. The lowest BCUT2D eigenvalue weighted by atomic mass is 10.3. The molecule has 0 bridgehead atoms. The van der Waals surface area contributed by atoms with Crippen LogP contribution >= 0.6 is 0 Å². The average molecular weight is 198 g/mol. The maximum Gasteiger partial charge on any atom is 0.134 e. The van der Waals surface area contributed by atoms with Gasteiger partial charge in [0.15, 0.2) is 0 Å². The minimum Gasteiger partial charge on any atom is -0.396 e. The predicted octanol–water partition coefficient (Wildman–Crippen LogP) is 1.58. The molecule has 0 saturated heterocycles. The Kier molecular flexibility index (Phi) is 4.62. The number of nitrogens with zero attached hydrogens (tertiary/aromatic N) is 2. The van der Waals surface area contributed by atoms with Crippen LogP contribution in [0, 0.1) is 0 Å². The Morgan fingerprint density at radius 1 is 1.57 bits per heavy atom. The van der Waals surface area contributed by atoms with Crippen molar-refractivity contribution in [1.29, 1.82) is 0 Å². The van der Waals surface area contributed by atoms with Crippen LogP contribution in [-0.4, -0.2) is 27.4 Å². The molecule has 80 valence electrons. The summed E-state index contributed by atoms with van der Waals surface area (Å²) in [5.41, 5.74) is 0. The summed E-state index contributed by atoms with van der Waals surface area (Å²) in [5, 5.41) is 8.75. The van der Waals surface area contributed by atoms with Crippen molar-refractivity contribution in [2.45, 2.75) is 39.0 Å². The Hall–Kier alpha value is -0.870. The monoisotopic (exact) mass is 198 g/mol. The zero-order valence-corrected chi connectivity index (χ0v) is 8.76. The van der Waals surface area contributed by atoms with Gasteiger partial charge in [-0.1, -0.05) is 6.92 Å². The largest absolute Gasteiger partial charge is 0.396 e. The molecule has 0 saturated carbocycles. The van der Waals surface area contributed by atoms with Crippen molar-refractivity contribution >= 4 is 0 Å². The molecule has 0 spiro atoms. The van der Waals surface area contributed by atoms with E-state index in [0.717, 1.165) is 6.42 Å². The number of aliphatic hydroxyl groups is 1. The molecule has 14 heavy (non-hydrogen) atoms. The smallest absolute Gasteiger partial charge is 0.134 e. The molecule has 1 heterocycles. The molecule has 2 atom stereocenters. The number of hydrogen-bond acceptors (Lipinski definition) is 3. The summed E-state index contributed by atoms with van der Waals surface area (Å²) in [6.45, 7) is 4.20. The fourth-order valence-electron chi connectivity index (χ4n) is 1.34. The second kappa shape index (κ2) is 5.78. The van der Waals surface area contributed by atoms with E-state index < -0.39 is 0 Å². The zero-order valence-electron chi connectivity index (χ0n) is 8.76. The molecular formula is C10H18N2O2. The van der Waals surface area contributed by atoms with Gasteiger partial charge >= 0.3 is 0 Å². The van der Waals surface area contributed by atoms with Gasteiger partial charge in [-0.2, -0.15) is 0 Å². The Labute approximate surface area is 84.5 Å². The second-order valence-electron chi connectivity index (χ2n) is 3.33. The van der Waals surface area contributed by atoms with Gasteiger partial charge < -0.3 is 14.4 Å². The van der Waals surface area contributed by atoms with E-state index in [9.17, 15) is 0 Å². The predicted molar refractivity (Wildman–Crippen MR) is 53.8 cm³/mol. The summed E-state index contributed by atoms with van der Waals surface area (Å²) < 4.78 is 7.69. The van der Waals surface area contributed by atoms with Crippen LogP contribution in [0.1, 0.15) is 32.9 Å². The van der Waals surface area contributed by atoms with Crippen LogP contribution in [0.3, 0.4) is 0 Å². The van der Waals surface area contributed by atoms with E-state index in [0.29, 0.717) is 6.42 Å². The van der Waals surface area contributed by atoms with Gasteiger partial charge in [0.05, 0.1) is 12.4 Å². The quantitative estimate of drug-likeness (QED) is 0.755. The number of hydrogen-bond donors (Lipinski definition) is 1. The van der Waals surface area contributed by atoms with Gasteiger partial charge in [0.2, 0.25) is 0 Å². The Bertz CT molecular complexity index is 236. The molecule has 0 aliphatic rings. The standard InChI is InChI=1S/C10H18N2O2/c1-3-10(12-6-5-11-8-12)14-9(2)4-7-13/h5-6,8-10,13H,3-4,7H2,1-2H3. The number of imidazole rings is 1. The highest BCUT2D eigenvalue weighted by molar-refractivity contribution is 4.77. The fraction of sp³-hybridized carbons (Fsp3) is 0.700. The first kappa shape index (κ1) is 11.2. The molecule has 0 aliphatic carbocycles. The van der Waals surface area contributed by atoms with E-state index in [-0.39, 0.29) is 18.9 Å². The Balaban J connectivity index is 2.47. The zero-order chi connectivity index (χ0) is 10.4. The van der Waals surface area contributed by atoms with Crippen molar-refractivity contribution in [3.8, 4) is 0 Å². The van der Waals surface area contributed by atoms with Crippen LogP contribution in [0.4, 0.5) is 0 Å². The van der Waals surface area contributed by atoms with Crippen LogP contribution in [0.2, 0.25) is 0 Å². The first-order chi connectivity index (χ1) is 6.77. The van der Waals surface area contributed by atoms with E-state index in [2.05, 4.69) is 11.9 Å². The molecule has 1 aromatic rings. The summed E-state index contributed by atoms with van der Waals surface area (Å²) in [6.07, 6.45) is 7.05. The normalized spacial score (nSPS) is 15.4. The first-order valence-corrected chi connectivity index (χ1v) is 5.01. The van der Waals surface area contributed by atoms with Crippen LogP contribution in [-0.2, 0) is 4.74 Å². The van der Waals surface area contributed by atoms with Gasteiger partial charge in [-0.05, 0) is 19.8 Å². The summed E-state index contributed by atoms with van der Waals surface area (Å²) >= 11 is 0. The average Bonchev–Trinajstić information content (AvgIpc) is 2.67. The third kappa shape index (κ3) is 3.12. The van der Waals surface area contributed by atoms with E-state index >= 15 is 0 Å². The summed E-state index contributed by atoms with van der Waals surface area (Å²) in [4.78, 5) is 3.98. The highest BCUT2D eigenvalue weighted by Gasteiger charge is 2.11. The van der Waals surface area contributed by atoms with E-state index in [1.165, 1.54) is 0 Å². The third-order valence-electron chi connectivity index (χ3n) is 2.13. The molecule has 4 nitrogen and oxygen atoms in total. The highest BCUT2D eigenvalue weighted by atomic mass is 16.5. The minimum atomic E-state index is 0.0269. The van der Waals surface area contributed by atoms with Crippen LogP contribution < -0.4 is 0 Å². The molecule has 1 aromatic heterocycles. The lowest BCUT2D eigenvalue weighted by Gasteiger charge is -2.21. The van der Waals surface area contributed by atoms with E-state index in [4.69, 9.17) is 9.84 Å². The molecular weight excluding hydrogens is 180 g/mol. The summed E-state index contributed by atoms with van der Waals surface area (Å²) in [6, 6.07) is 0. The maximum absolute atomic E-state index is 8.75. The maximum atomic E-state index is 8.75. The molecule has 0 radical (unpaired) electrons. The van der Waals surface area contributed by atoms with Gasteiger partial charge in [-0.25, -0.2) is 4.98 Å². The van der Waals surface area contributed by atoms with Crippen molar-refractivity contribution in [3.63, 3.8) is 0 Å². The number of aliphatic hydroxyl groups excluding tert-OH is 1. The van der Waals surface area contributed by atoms with Crippen LogP contribution in [0.25, 0.3) is 0 Å². The molecule has 0 aromatic carbocycles. The van der Waals surface area contributed by atoms with Gasteiger partial charge in [0.1, 0.15) is 6.23 Å². The lowest BCUT2D eigenvalue weighted by molar-refractivity contribution is -0.0554. The van der Waals surface area contributed by atoms with Crippen LogP contribution in [0.5, 0.6) is 0 Å². The molecule has 2 unspecified atom stereocenters. The second-order valence-corrected chi connectivity index (χ2v) is 3.33. The van der Waals surface area contributed by atoms with Crippen LogP contribution in [0.15, 0.2) is 18.7 Å². The molecule has 4 heteroatoms. The van der Waals surface area contributed by atoms with Gasteiger partial charge in [0.25, 0.3) is 0 Å². The number of aromatic nitrogens is 2. The van der Waals surface area contributed by atoms with Gasteiger partial charge in [-0.3, -0.25) is 0 Å². The minimum absolute atomic E-state index is 0.0269. The van der Waals surface area contributed by atoms with Gasteiger partial charge in [-0.15, -0.1) is 0 Å². The summed E-state index contributed by atoms with van der Waals surface area (Å²) in [7, 11) is 0. The van der Waals surface area contributed by atoms with Gasteiger partial charge in [0, 0.05) is 19.0 Å². The molecule has 0 aliphatic heterocycles. The molecule has 1 rings (SSSR count). The Morgan fingerprint density at radius 3 is 2.86 bits per heavy atom. The molecule has 0 amide bonds. The van der Waals surface area contributed by atoms with Crippen molar-refractivity contribution in [2.75, 3.05) is 6.61 Å². The third-order valence-corrected chi connectivity index (χ3v) is 2.13. The van der Waals surface area contributed by atoms with Crippen molar-refractivity contribution in [3.05, 3.63) is 18.7 Å². The highest BCUT2D eigenvalue weighted by Crippen LogP contribution is 2.15. The van der Waals surface area contributed by atoms with Crippen molar-refractivity contribution < 1.29 is 9.84 Å². The number of rotatable bonds is 6. The molecule has 0 fully saturated rings. The SMILES string of the molecule is CCC(OC(C)CCO)n1ccnc1. The van der Waals surface area contributed by atoms with Crippen molar-refractivity contribution in [2.24, 2.45) is 0 Å². The lowest BCUT2D eigenvalue weighted by Crippen LogP contribution is -2.18. The number of ether oxygens (including phenoxy) is 1. The van der Waals surface area contributed by atoms with E-state index in [1.807, 2.05) is 17.7 Å².